The minimum atomic E-state index is -3.72. The highest BCUT2D eigenvalue weighted by Crippen LogP contribution is 2.23. The maximum atomic E-state index is 11.4. The Morgan fingerprint density at radius 3 is 2.55 bits per heavy atom. The zero-order chi connectivity index (χ0) is 21.2. The molecule has 10 nitrogen and oxygen atoms in total. The molecule has 11 heteroatoms. The molecule has 3 aromatic rings. The standard InChI is InChI=1S/C18H24N6O4S/c1-18(2,25)8-9-28-17-22-15(14-11-21-24(3)16(14)23-17)20-10-12-4-6-13(7-5-12)29(19,26)27/h4-7,11,25H,8-10H2,1-3H3,(H2,19,26,27)(H,20,22,23). The highest BCUT2D eigenvalue weighted by Gasteiger charge is 2.15. The van der Waals surface area contributed by atoms with Crippen molar-refractivity contribution in [2.24, 2.45) is 12.2 Å². The Balaban J connectivity index is 1.78. The Labute approximate surface area is 168 Å². The number of nitrogens with one attached hydrogen (secondary N) is 1. The van der Waals surface area contributed by atoms with E-state index in [2.05, 4.69) is 20.4 Å². The van der Waals surface area contributed by atoms with Gasteiger partial charge in [0.2, 0.25) is 10.0 Å². The van der Waals surface area contributed by atoms with Crippen molar-refractivity contribution >= 4 is 26.9 Å². The van der Waals surface area contributed by atoms with E-state index in [4.69, 9.17) is 9.88 Å². The third-order valence-corrected chi connectivity index (χ3v) is 5.16. The number of ether oxygens (including phenoxy) is 1. The number of rotatable bonds is 8. The number of aliphatic hydroxyl groups is 1. The lowest BCUT2D eigenvalue weighted by atomic mass is 10.1. The molecule has 0 atom stereocenters. The second-order valence-corrected chi connectivity index (χ2v) is 8.88. The topological polar surface area (TPSA) is 145 Å². The molecule has 0 aliphatic rings. The van der Waals surface area contributed by atoms with Gasteiger partial charge in [-0.15, -0.1) is 0 Å². The van der Waals surface area contributed by atoms with Crippen LogP contribution in [0, 0.1) is 0 Å². The highest BCUT2D eigenvalue weighted by atomic mass is 32.2. The molecule has 0 radical (unpaired) electrons. The van der Waals surface area contributed by atoms with Crippen LogP contribution in [-0.4, -0.2) is 45.5 Å². The van der Waals surface area contributed by atoms with Crippen LogP contribution in [0.3, 0.4) is 0 Å². The average Bonchev–Trinajstić information content (AvgIpc) is 2.99. The highest BCUT2D eigenvalue weighted by molar-refractivity contribution is 7.89. The summed E-state index contributed by atoms with van der Waals surface area (Å²) >= 11 is 0. The van der Waals surface area contributed by atoms with Crippen molar-refractivity contribution in [2.45, 2.75) is 37.3 Å². The van der Waals surface area contributed by atoms with E-state index in [0.29, 0.717) is 24.4 Å². The molecule has 2 heterocycles. The van der Waals surface area contributed by atoms with Crippen LogP contribution in [0.5, 0.6) is 6.01 Å². The van der Waals surface area contributed by atoms with E-state index in [1.165, 1.54) is 12.1 Å². The predicted molar refractivity (Wildman–Crippen MR) is 108 cm³/mol. The maximum absolute atomic E-state index is 11.4. The van der Waals surface area contributed by atoms with Crippen molar-refractivity contribution in [1.29, 1.82) is 0 Å². The fourth-order valence-electron chi connectivity index (χ4n) is 2.58. The first-order valence-electron chi connectivity index (χ1n) is 8.93. The second-order valence-electron chi connectivity index (χ2n) is 7.31. The van der Waals surface area contributed by atoms with Gasteiger partial charge in [-0.3, -0.25) is 4.68 Å². The first-order chi connectivity index (χ1) is 13.5. The number of primary sulfonamides is 1. The molecule has 0 bridgehead atoms. The molecule has 4 N–H and O–H groups in total. The number of nitrogens with zero attached hydrogens (tertiary/aromatic N) is 4. The smallest absolute Gasteiger partial charge is 0.320 e. The minimum Gasteiger partial charge on any atom is -0.463 e. The summed E-state index contributed by atoms with van der Waals surface area (Å²) in [7, 11) is -1.95. The molecule has 1 aromatic carbocycles. The Morgan fingerprint density at radius 1 is 1.24 bits per heavy atom. The third-order valence-electron chi connectivity index (χ3n) is 4.23. The predicted octanol–water partition coefficient (Wildman–Crippen LogP) is 1.16. The van der Waals surface area contributed by atoms with Crippen LogP contribution in [0.15, 0.2) is 35.4 Å². The number of aryl methyl sites for hydroxylation is 1. The van der Waals surface area contributed by atoms with Gasteiger partial charge in [-0.1, -0.05) is 12.1 Å². The molecule has 0 spiro atoms. The molecule has 2 aromatic heterocycles. The summed E-state index contributed by atoms with van der Waals surface area (Å²) in [5.41, 5.74) is 0.601. The summed E-state index contributed by atoms with van der Waals surface area (Å²) in [6.07, 6.45) is 2.08. The van der Waals surface area contributed by atoms with Crippen LogP contribution in [0.4, 0.5) is 5.82 Å². The van der Waals surface area contributed by atoms with Crippen molar-refractivity contribution in [1.82, 2.24) is 19.7 Å². The molecule has 0 aliphatic heterocycles. The monoisotopic (exact) mass is 420 g/mol. The molecular formula is C18H24N6O4S. The molecule has 0 unspecified atom stereocenters. The van der Waals surface area contributed by atoms with E-state index in [-0.39, 0.29) is 17.5 Å². The molecule has 0 amide bonds. The number of fused-ring (bicyclic) bond motifs is 1. The van der Waals surface area contributed by atoms with Gasteiger partial charge in [0.15, 0.2) is 5.65 Å². The zero-order valence-corrected chi connectivity index (χ0v) is 17.3. The molecule has 29 heavy (non-hydrogen) atoms. The molecule has 0 aliphatic carbocycles. The Morgan fingerprint density at radius 2 is 1.93 bits per heavy atom. The molecular weight excluding hydrogens is 396 g/mol. The molecule has 3 rings (SSSR count). The number of aromatic nitrogens is 4. The van der Waals surface area contributed by atoms with Crippen molar-refractivity contribution in [3.8, 4) is 6.01 Å². The normalized spacial score (nSPS) is 12.3. The van der Waals surface area contributed by atoms with Gasteiger partial charge in [-0.05, 0) is 31.5 Å². The SMILES string of the molecule is Cn1ncc2c(NCc3ccc(S(N)(=O)=O)cc3)nc(OCCC(C)(C)O)nc21. The number of hydrogen-bond acceptors (Lipinski definition) is 8. The third kappa shape index (κ3) is 5.40. The first-order valence-corrected chi connectivity index (χ1v) is 10.5. The Hall–Kier alpha value is -2.76. The van der Waals surface area contributed by atoms with Crippen LogP contribution < -0.4 is 15.2 Å². The Bertz CT molecular complexity index is 1100. The van der Waals surface area contributed by atoms with Gasteiger partial charge in [0.1, 0.15) is 5.82 Å². The number of nitrogens with two attached hydrogens (primary N) is 1. The molecule has 0 fully saturated rings. The quantitative estimate of drug-likeness (QED) is 0.492. The average molecular weight is 420 g/mol. The van der Waals surface area contributed by atoms with E-state index in [0.717, 1.165) is 10.9 Å². The van der Waals surface area contributed by atoms with Crippen LogP contribution in [0.25, 0.3) is 11.0 Å². The zero-order valence-electron chi connectivity index (χ0n) is 16.5. The fourth-order valence-corrected chi connectivity index (χ4v) is 3.09. The van der Waals surface area contributed by atoms with Gasteiger partial charge in [0.25, 0.3) is 0 Å². The maximum Gasteiger partial charge on any atom is 0.320 e. The van der Waals surface area contributed by atoms with Gasteiger partial charge in [0.05, 0.1) is 28.7 Å². The summed E-state index contributed by atoms with van der Waals surface area (Å²) in [6.45, 7) is 4.07. The second kappa shape index (κ2) is 7.93. The largest absolute Gasteiger partial charge is 0.463 e. The van der Waals surface area contributed by atoms with Crippen LogP contribution in [-0.2, 0) is 23.6 Å². The van der Waals surface area contributed by atoms with Crippen LogP contribution in [0.2, 0.25) is 0 Å². The van der Waals surface area contributed by atoms with Gasteiger partial charge < -0.3 is 15.2 Å². The summed E-state index contributed by atoms with van der Waals surface area (Å²) in [5.74, 6) is 0.539. The van der Waals surface area contributed by atoms with E-state index in [9.17, 15) is 13.5 Å². The lowest BCUT2D eigenvalue weighted by molar-refractivity contribution is 0.0540. The fraction of sp³-hybridized carbons (Fsp3) is 0.389. The minimum absolute atomic E-state index is 0.0560. The van der Waals surface area contributed by atoms with E-state index in [1.807, 2.05) is 0 Å². The lowest BCUT2D eigenvalue weighted by Crippen LogP contribution is -2.22. The van der Waals surface area contributed by atoms with Crippen molar-refractivity contribution in [2.75, 3.05) is 11.9 Å². The van der Waals surface area contributed by atoms with Crippen LogP contribution in [0.1, 0.15) is 25.8 Å². The van der Waals surface area contributed by atoms with Crippen molar-refractivity contribution < 1.29 is 18.3 Å². The number of benzene rings is 1. The summed E-state index contributed by atoms with van der Waals surface area (Å²) in [4.78, 5) is 8.84. The summed E-state index contributed by atoms with van der Waals surface area (Å²) in [5, 5.41) is 23.1. The summed E-state index contributed by atoms with van der Waals surface area (Å²) < 4.78 is 30.0. The van der Waals surface area contributed by atoms with Gasteiger partial charge in [0, 0.05) is 20.0 Å². The van der Waals surface area contributed by atoms with Gasteiger partial charge in [-0.2, -0.15) is 15.1 Å². The van der Waals surface area contributed by atoms with Gasteiger partial charge >= 0.3 is 6.01 Å². The number of anilines is 1. The number of hydrogen-bond donors (Lipinski definition) is 3. The van der Waals surface area contributed by atoms with Crippen molar-refractivity contribution in [3.63, 3.8) is 0 Å². The van der Waals surface area contributed by atoms with E-state index < -0.39 is 15.6 Å². The van der Waals surface area contributed by atoms with Crippen LogP contribution >= 0.6 is 0 Å². The van der Waals surface area contributed by atoms with Gasteiger partial charge in [-0.25, -0.2) is 13.6 Å². The molecule has 0 saturated heterocycles. The first kappa shape index (κ1) is 21.0. The Kier molecular flexibility index (Phi) is 5.73. The van der Waals surface area contributed by atoms with E-state index in [1.54, 1.807) is 43.9 Å². The van der Waals surface area contributed by atoms with E-state index >= 15 is 0 Å². The number of sulfonamides is 1. The lowest BCUT2D eigenvalue weighted by Gasteiger charge is -2.16. The molecule has 0 saturated carbocycles. The molecule has 156 valence electrons. The summed E-state index contributed by atoms with van der Waals surface area (Å²) in [6, 6.07) is 6.44. The van der Waals surface area contributed by atoms with Crippen molar-refractivity contribution in [3.05, 3.63) is 36.0 Å².